The second-order valence-electron chi connectivity index (χ2n) is 4.45. The third kappa shape index (κ3) is 2.05. The van der Waals surface area contributed by atoms with Crippen LogP contribution in [0.1, 0.15) is 0 Å². The number of imidazole rings is 1. The minimum Gasteiger partial charge on any atom is -0.497 e. The van der Waals surface area contributed by atoms with Crippen LogP contribution >= 0.6 is 0 Å². The number of nitrogens with two attached hydrogens (primary N) is 1. The van der Waals surface area contributed by atoms with Crippen molar-refractivity contribution in [2.75, 3.05) is 20.0 Å². The standard InChI is InChI=1S/C15H14FN3O2/c1-20-9-6-7-13(21-2)12(8-9)19-11-5-3-4-10(16)14(11)18-15(19)17/h3-8H,1-2H3,(H2,17,18). The fraction of sp³-hybridized carbons (Fsp3) is 0.133. The Morgan fingerprint density at radius 2 is 1.95 bits per heavy atom. The van der Waals surface area contributed by atoms with E-state index in [-0.39, 0.29) is 11.5 Å². The van der Waals surface area contributed by atoms with Gasteiger partial charge in [0.15, 0.2) is 5.82 Å². The highest BCUT2D eigenvalue weighted by molar-refractivity contribution is 5.82. The average molecular weight is 287 g/mol. The van der Waals surface area contributed by atoms with Gasteiger partial charge >= 0.3 is 0 Å². The van der Waals surface area contributed by atoms with Crippen LogP contribution in [-0.2, 0) is 0 Å². The number of hydrogen-bond donors (Lipinski definition) is 1. The maximum absolute atomic E-state index is 13.8. The lowest BCUT2D eigenvalue weighted by Gasteiger charge is -2.13. The summed E-state index contributed by atoms with van der Waals surface area (Å²) < 4.78 is 26.0. The van der Waals surface area contributed by atoms with Crippen molar-refractivity contribution >= 4 is 17.0 Å². The number of hydrogen-bond acceptors (Lipinski definition) is 4. The van der Waals surface area contributed by atoms with E-state index >= 15 is 0 Å². The third-order valence-corrected chi connectivity index (χ3v) is 3.29. The van der Waals surface area contributed by atoms with Gasteiger partial charge in [-0.15, -0.1) is 0 Å². The molecule has 0 fully saturated rings. The molecule has 0 saturated heterocycles. The lowest BCUT2D eigenvalue weighted by atomic mass is 10.2. The van der Waals surface area contributed by atoms with E-state index in [2.05, 4.69) is 4.98 Å². The molecule has 0 aliphatic rings. The molecular formula is C15H14FN3O2. The zero-order valence-corrected chi connectivity index (χ0v) is 11.6. The first kappa shape index (κ1) is 13.2. The molecular weight excluding hydrogens is 273 g/mol. The summed E-state index contributed by atoms with van der Waals surface area (Å²) in [6.07, 6.45) is 0. The number of methoxy groups -OCH3 is 2. The molecule has 0 amide bonds. The van der Waals surface area contributed by atoms with Gasteiger partial charge in [0.1, 0.15) is 17.0 Å². The highest BCUT2D eigenvalue weighted by atomic mass is 19.1. The predicted octanol–water partition coefficient (Wildman–Crippen LogP) is 2.76. The molecule has 1 aromatic heterocycles. The second-order valence-corrected chi connectivity index (χ2v) is 4.45. The van der Waals surface area contributed by atoms with Crippen molar-refractivity contribution < 1.29 is 13.9 Å². The summed E-state index contributed by atoms with van der Waals surface area (Å²) in [7, 11) is 3.13. The van der Waals surface area contributed by atoms with Crippen LogP contribution in [0.5, 0.6) is 11.5 Å². The largest absolute Gasteiger partial charge is 0.497 e. The number of anilines is 1. The Kier molecular flexibility index (Phi) is 3.13. The van der Waals surface area contributed by atoms with Crippen LogP contribution in [0.25, 0.3) is 16.7 Å². The fourth-order valence-corrected chi connectivity index (χ4v) is 2.31. The zero-order valence-electron chi connectivity index (χ0n) is 11.6. The van der Waals surface area contributed by atoms with Crippen LogP contribution in [0.3, 0.4) is 0 Å². The van der Waals surface area contributed by atoms with Crippen molar-refractivity contribution in [1.29, 1.82) is 0 Å². The molecule has 6 heteroatoms. The van der Waals surface area contributed by atoms with Gasteiger partial charge in [0, 0.05) is 6.07 Å². The predicted molar refractivity (Wildman–Crippen MR) is 78.5 cm³/mol. The molecule has 0 atom stereocenters. The first-order valence-electron chi connectivity index (χ1n) is 6.30. The SMILES string of the molecule is COc1ccc(OC)c(-n2c(N)nc3c(F)cccc32)c1. The van der Waals surface area contributed by atoms with Crippen molar-refractivity contribution in [3.8, 4) is 17.2 Å². The minimum absolute atomic E-state index is 0.182. The lowest BCUT2D eigenvalue weighted by Crippen LogP contribution is -2.03. The Morgan fingerprint density at radius 3 is 2.67 bits per heavy atom. The molecule has 3 rings (SSSR count). The molecule has 108 valence electrons. The fourth-order valence-electron chi connectivity index (χ4n) is 2.31. The molecule has 2 N–H and O–H groups in total. The minimum atomic E-state index is -0.417. The monoisotopic (exact) mass is 287 g/mol. The summed E-state index contributed by atoms with van der Waals surface area (Å²) >= 11 is 0. The summed E-state index contributed by atoms with van der Waals surface area (Å²) in [5.74, 6) is 0.996. The van der Waals surface area contributed by atoms with Crippen LogP contribution in [0.2, 0.25) is 0 Å². The van der Waals surface area contributed by atoms with Crippen LogP contribution in [0.15, 0.2) is 36.4 Å². The third-order valence-electron chi connectivity index (χ3n) is 3.29. The first-order valence-corrected chi connectivity index (χ1v) is 6.30. The van der Waals surface area contributed by atoms with Crippen molar-refractivity contribution in [2.45, 2.75) is 0 Å². The normalized spacial score (nSPS) is 10.8. The second kappa shape index (κ2) is 4.97. The average Bonchev–Trinajstić information content (AvgIpc) is 2.84. The van der Waals surface area contributed by atoms with E-state index in [1.807, 2.05) is 0 Å². The van der Waals surface area contributed by atoms with E-state index in [4.69, 9.17) is 15.2 Å². The van der Waals surface area contributed by atoms with Crippen LogP contribution in [0.4, 0.5) is 10.3 Å². The molecule has 0 radical (unpaired) electrons. The van der Waals surface area contributed by atoms with E-state index < -0.39 is 5.82 Å². The first-order chi connectivity index (χ1) is 10.2. The topological polar surface area (TPSA) is 62.3 Å². The molecule has 1 heterocycles. The van der Waals surface area contributed by atoms with E-state index in [1.165, 1.54) is 6.07 Å². The highest BCUT2D eigenvalue weighted by Gasteiger charge is 2.16. The van der Waals surface area contributed by atoms with Gasteiger partial charge in [-0.2, -0.15) is 0 Å². The van der Waals surface area contributed by atoms with E-state index in [0.29, 0.717) is 22.7 Å². The smallest absolute Gasteiger partial charge is 0.206 e. The van der Waals surface area contributed by atoms with Gasteiger partial charge in [-0.25, -0.2) is 9.37 Å². The van der Waals surface area contributed by atoms with Crippen molar-refractivity contribution in [3.05, 3.63) is 42.2 Å². The molecule has 0 unspecified atom stereocenters. The van der Waals surface area contributed by atoms with Crippen LogP contribution in [-0.4, -0.2) is 23.8 Å². The molecule has 0 spiro atoms. The van der Waals surface area contributed by atoms with Crippen molar-refractivity contribution in [2.24, 2.45) is 0 Å². The molecule has 5 nitrogen and oxygen atoms in total. The number of rotatable bonds is 3. The molecule has 3 aromatic rings. The van der Waals surface area contributed by atoms with Gasteiger partial charge in [-0.1, -0.05) is 6.07 Å². The van der Waals surface area contributed by atoms with E-state index in [0.717, 1.165) is 0 Å². The van der Waals surface area contributed by atoms with Crippen molar-refractivity contribution in [1.82, 2.24) is 9.55 Å². The van der Waals surface area contributed by atoms with E-state index in [1.54, 1.807) is 49.1 Å². The summed E-state index contributed by atoms with van der Waals surface area (Å²) in [5, 5.41) is 0. The molecule has 0 aliphatic heterocycles. The number of halogens is 1. The zero-order chi connectivity index (χ0) is 15.0. The maximum Gasteiger partial charge on any atom is 0.206 e. The number of benzene rings is 2. The van der Waals surface area contributed by atoms with E-state index in [9.17, 15) is 4.39 Å². The van der Waals surface area contributed by atoms with Crippen molar-refractivity contribution in [3.63, 3.8) is 0 Å². The Bertz CT molecular complexity index is 814. The number of aromatic nitrogens is 2. The molecule has 0 saturated carbocycles. The Hall–Kier alpha value is -2.76. The Labute approximate surface area is 120 Å². The molecule has 2 aromatic carbocycles. The van der Waals surface area contributed by atoms with Crippen LogP contribution < -0.4 is 15.2 Å². The number of fused-ring (bicyclic) bond motifs is 1. The summed E-state index contributed by atoms with van der Waals surface area (Å²) in [5.41, 5.74) is 7.39. The Balaban J connectivity index is 2.34. The van der Waals surface area contributed by atoms with Gasteiger partial charge in [0.25, 0.3) is 0 Å². The lowest BCUT2D eigenvalue weighted by molar-refractivity contribution is 0.402. The molecule has 21 heavy (non-hydrogen) atoms. The van der Waals surface area contributed by atoms with Gasteiger partial charge in [0.2, 0.25) is 5.95 Å². The number of nitrogen functional groups attached to an aromatic ring is 1. The maximum atomic E-state index is 13.8. The molecule has 0 bridgehead atoms. The van der Waals surface area contributed by atoms with Crippen LogP contribution in [0, 0.1) is 5.82 Å². The van der Waals surface area contributed by atoms with Gasteiger partial charge in [-0.05, 0) is 24.3 Å². The van der Waals surface area contributed by atoms with Gasteiger partial charge in [-0.3, -0.25) is 4.57 Å². The van der Waals surface area contributed by atoms with Gasteiger partial charge in [0.05, 0.1) is 25.4 Å². The quantitative estimate of drug-likeness (QED) is 0.804. The summed E-state index contributed by atoms with van der Waals surface area (Å²) in [4.78, 5) is 4.09. The number of para-hydroxylation sites is 1. The highest BCUT2D eigenvalue weighted by Crippen LogP contribution is 2.33. The molecule has 0 aliphatic carbocycles. The number of ether oxygens (including phenoxy) is 2. The number of nitrogens with zero attached hydrogens (tertiary/aromatic N) is 2. The Morgan fingerprint density at radius 1 is 1.14 bits per heavy atom. The summed E-state index contributed by atoms with van der Waals surface area (Å²) in [6, 6.07) is 10.0. The van der Waals surface area contributed by atoms with Gasteiger partial charge < -0.3 is 15.2 Å². The summed E-state index contributed by atoms with van der Waals surface area (Å²) in [6.45, 7) is 0.